The first-order valence-electron chi connectivity index (χ1n) is 6.48. The molecule has 0 aliphatic heterocycles. The summed E-state index contributed by atoms with van der Waals surface area (Å²) in [7, 11) is 1.58. The van der Waals surface area contributed by atoms with Crippen molar-refractivity contribution in [3.63, 3.8) is 0 Å². The summed E-state index contributed by atoms with van der Waals surface area (Å²) in [4.78, 5) is 12.3. The third kappa shape index (κ3) is 2.99. The molecule has 0 heterocycles. The Kier molecular flexibility index (Phi) is 4.41. The minimum atomic E-state index is -0.0891. The summed E-state index contributed by atoms with van der Waals surface area (Å²) >= 11 is 0. The van der Waals surface area contributed by atoms with Gasteiger partial charge in [0.15, 0.2) is 6.61 Å². The second-order valence-electron chi connectivity index (χ2n) is 4.61. The van der Waals surface area contributed by atoms with Crippen LogP contribution in [0.2, 0.25) is 0 Å². The van der Waals surface area contributed by atoms with Crippen LogP contribution in [0.3, 0.4) is 0 Å². The molecule has 0 amide bonds. The van der Waals surface area contributed by atoms with Gasteiger partial charge in [0, 0.05) is 0 Å². The first-order valence-corrected chi connectivity index (χ1v) is 6.48. The molecule has 3 heteroatoms. The molecule has 0 spiro atoms. The highest BCUT2D eigenvalue weighted by atomic mass is 16.5. The van der Waals surface area contributed by atoms with Crippen LogP contribution in [-0.2, 0) is 0 Å². The van der Waals surface area contributed by atoms with Crippen LogP contribution in [0.5, 0.6) is 11.5 Å². The first kappa shape index (κ1) is 14.1. The van der Waals surface area contributed by atoms with Crippen molar-refractivity contribution >= 4 is 5.78 Å². The molecular weight excluding hydrogens is 252 g/mol. The van der Waals surface area contributed by atoms with Crippen LogP contribution in [0, 0.1) is 13.8 Å². The van der Waals surface area contributed by atoms with Crippen molar-refractivity contribution in [2.24, 2.45) is 0 Å². The van der Waals surface area contributed by atoms with Gasteiger partial charge in [-0.05, 0) is 43.2 Å². The molecule has 0 aliphatic rings. The lowest BCUT2D eigenvalue weighted by atomic mass is 10.0. The standard InChI is InChI=1S/C17H18O3/c1-12-9-10-15(17(19-3)13(12)2)16(18)11-20-14-7-5-4-6-8-14/h4-10H,11H2,1-3H3. The zero-order chi connectivity index (χ0) is 14.5. The molecule has 2 rings (SSSR count). The number of para-hydroxylation sites is 1. The Morgan fingerprint density at radius 3 is 2.40 bits per heavy atom. The number of ether oxygens (including phenoxy) is 2. The number of carbonyl (C=O) groups is 1. The van der Waals surface area contributed by atoms with Crippen molar-refractivity contribution in [1.29, 1.82) is 0 Å². The molecular formula is C17H18O3. The molecule has 0 N–H and O–H groups in total. The maximum Gasteiger partial charge on any atom is 0.203 e. The van der Waals surface area contributed by atoms with Gasteiger partial charge >= 0.3 is 0 Å². The molecule has 0 fully saturated rings. The van der Waals surface area contributed by atoms with Crippen molar-refractivity contribution in [2.75, 3.05) is 13.7 Å². The van der Waals surface area contributed by atoms with E-state index in [1.807, 2.05) is 50.2 Å². The lowest BCUT2D eigenvalue weighted by Gasteiger charge is -2.13. The van der Waals surface area contributed by atoms with Crippen LogP contribution < -0.4 is 9.47 Å². The molecule has 0 atom stereocenters. The molecule has 2 aromatic carbocycles. The fraction of sp³-hybridized carbons (Fsp3) is 0.235. The van der Waals surface area contributed by atoms with E-state index in [2.05, 4.69) is 0 Å². The summed E-state index contributed by atoms with van der Waals surface area (Å²) in [5.74, 6) is 1.23. The Bertz CT molecular complexity index is 603. The Morgan fingerprint density at radius 1 is 1.05 bits per heavy atom. The largest absolute Gasteiger partial charge is 0.496 e. The topological polar surface area (TPSA) is 35.5 Å². The number of aryl methyl sites for hydroxylation is 1. The minimum Gasteiger partial charge on any atom is -0.496 e. The average molecular weight is 270 g/mol. The highest BCUT2D eigenvalue weighted by Crippen LogP contribution is 2.26. The molecule has 0 aromatic heterocycles. The van der Waals surface area contributed by atoms with Crippen LogP contribution in [0.4, 0.5) is 0 Å². The Balaban J connectivity index is 2.16. The molecule has 0 saturated carbocycles. The van der Waals surface area contributed by atoms with Gasteiger partial charge in [0.1, 0.15) is 11.5 Å². The number of benzene rings is 2. The summed E-state index contributed by atoms with van der Waals surface area (Å²) in [5, 5.41) is 0. The monoisotopic (exact) mass is 270 g/mol. The van der Waals surface area contributed by atoms with Crippen molar-refractivity contribution in [2.45, 2.75) is 13.8 Å². The molecule has 3 nitrogen and oxygen atoms in total. The molecule has 0 radical (unpaired) electrons. The highest BCUT2D eigenvalue weighted by molar-refractivity contribution is 6.00. The lowest BCUT2D eigenvalue weighted by molar-refractivity contribution is 0.0918. The lowest BCUT2D eigenvalue weighted by Crippen LogP contribution is -2.13. The quantitative estimate of drug-likeness (QED) is 0.779. The number of hydrogen-bond donors (Lipinski definition) is 0. The van der Waals surface area contributed by atoms with E-state index in [-0.39, 0.29) is 12.4 Å². The van der Waals surface area contributed by atoms with Gasteiger partial charge in [-0.25, -0.2) is 0 Å². The van der Waals surface area contributed by atoms with Crippen molar-refractivity contribution in [3.8, 4) is 11.5 Å². The number of methoxy groups -OCH3 is 1. The molecule has 0 aliphatic carbocycles. The van der Waals surface area contributed by atoms with Crippen LogP contribution in [-0.4, -0.2) is 19.5 Å². The Labute approximate surface area is 119 Å². The fourth-order valence-corrected chi connectivity index (χ4v) is 2.02. The summed E-state index contributed by atoms with van der Waals surface area (Å²) in [6, 6.07) is 13.0. The summed E-state index contributed by atoms with van der Waals surface area (Å²) in [6.07, 6.45) is 0. The van der Waals surface area contributed by atoms with Gasteiger partial charge in [0.2, 0.25) is 5.78 Å². The number of carbonyl (C=O) groups excluding carboxylic acids is 1. The predicted molar refractivity (Wildman–Crippen MR) is 78.7 cm³/mol. The second-order valence-corrected chi connectivity index (χ2v) is 4.61. The third-order valence-electron chi connectivity index (χ3n) is 3.29. The van der Waals surface area contributed by atoms with E-state index in [1.54, 1.807) is 13.2 Å². The van der Waals surface area contributed by atoms with Gasteiger partial charge < -0.3 is 9.47 Å². The number of Topliss-reactive ketones (excluding diaryl/α,β-unsaturated/α-hetero) is 1. The van der Waals surface area contributed by atoms with Gasteiger partial charge in [-0.15, -0.1) is 0 Å². The Hall–Kier alpha value is -2.29. The van der Waals surface area contributed by atoms with Gasteiger partial charge in [-0.1, -0.05) is 24.3 Å². The SMILES string of the molecule is COc1c(C(=O)COc2ccccc2)ccc(C)c1C. The average Bonchev–Trinajstić information content (AvgIpc) is 2.48. The van der Waals surface area contributed by atoms with Crippen LogP contribution in [0.25, 0.3) is 0 Å². The first-order chi connectivity index (χ1) is 9.63. The number of rotatable bonds is 5. The number of hydrogen-bond acceptors (Lipinski definition) is 3. The molecule has 0 unspecified atom stereocenters. The van der Waals surface area contributed by atoms with Gasteiger partial charge in [-0.3, -0.25) is 4.79 Å². The van der Waals surface area contributed by atoms with E-state index in [9.17, 15) is 4.79 Å². The maximum atomic E-state index is 12.3. The maximum absolute atomic E-state index is 12.3. The molecule has 104 valence electrons. The molecule has 2 aromatic rings. The van der Waals surface area contributed by atoms with E-state index < -0.39 is 0 Å². The van der Waals surface area contributed by atoms with Crippen LogP contribution in [0.15, 0.2) is 42.5 Å². The normalized spacial score (nSPS) is 10.2. The molecule has 0 bridgehead atoms. The van der Waals surface area contributed by atoms with E-state index in [0.717, 1.165) is 11.1 Å². The zero-order valence-corrected chi connectivity index (χ0v) is 12.0. The van der Waals surface area contributed by atoms with Gasteiger partial charge in [0.25, 0.3) is 0 Å². The van der Waals surface area contributed by atoms with Gasteiger partial charge in [0.05, 0.1) is 12.7 Å². The number of ketones is 1. The smallest absolute Gasteiger partial charge is 0.203 e. The summed E-state index contributed by atoms with van der Waals surface area (Å²) < 4.78 is 10.8. The zero-order valence-electron chi connectivity index (χ0n) is 12.0. The summed E-state index contributed by atoms with van der Waals surface area (Å²) in [5.41, 5.74) is 2.65. The van der Waals surface area contributed by atoms with Crippen molar-refractivity contribution in [3.05, 3.63) is 59.2 Å². The highest BCUT2D eigenvalue weighted by Gasteiger charge is 2.16. The third-order valence-corrected chi connectivity index (χ3v) is 3.29. The van der Waals surface area contributed by atoms with E-state index in [4.69, 9.17) is 9.47 Å². The second kappa shape index (κ2) is 6.24. The molecule has 20 heavy (non-hydrogen) atoms. The molecule has 0 saturated heterocycles. The van der Waals surface area contributed by atoms with Crippen molar-refractivity contribution in [1.82, 2.24) is 0 Å². The predicted octanol–water partition coefficient (Wildman–Crippen LogP) is 3.57. The van der Waals surface area contributed by atoms with E-state index in [0.29, 0.717) is 17.1 Å². The van der Waals surface area contributed by atoms with E-state index in [1.165, 1.54) is 0 Å². The van der Waals surface area contributed by atoms with Crippen LogP contribution >= 0.6 is 0 Å². The van der Waals surface area contributed by atoms with Gasteiger partial charge in [-0.2, -0.15) is 0 Å². The van der Waals surface area contributed by atoms with Crippen LogP contribution in [0.1, 0.15) is 21.5 Å². The fourth-order valence-electron chi connectivity index (χ4n) is 2.02. The Morgan fingerprint density at radius 2 is 1.75 bits per heavy atom. The summed E-state index contributed by atoms with van der Waals surface area (Å²) in [6.45, 7) is 3.94. The minimum absolute atomic E-state index is 0.00285. The van der Waals surface area contributed by atoms with E-state index >= 15 is 0 Å². The van der Waals surface area contributed by atoms with Crippen molar-refractivity contribution < 1.29 is 14.3 Å².